The Hall–Kier alpha value is -2.30. The van der Waals surface area contributed by atoms with E-state index in [4.69, 9.17) is 23.2 Å². The van der Waals surface area contributed by atoms with Gasteiger partial charge >= 0.3 is 0 Å². The van der Waals surface area contributed by atoms with Gasteiger partial charge in [0.2, 0.25) is 0 Å². The van der Waals surface area contributed by atoms with Crippen molar-refractivity contribution in [3.63, 3.8) is 0 Å². The van der Waals surface area contributed by atoms with E-state index in [1.807, 2.05) is 0 Å². The molecule has 2 amide bonds. The van der Waals surface area contributed by atoms with Crippen LogP contribution in [0.4, 0.5) is 0 Å². The lowest BCUT2D eigenvalue weighted by atomic mass is 10.0. The van der Waals surface area contributed by atoms with E-state index >= 15 is 0 Å². The van der Waals surface area contributed by atoms with E-state index in [1.165, 1.54) is 21.9 Å². The number of benzene rings is 1. The number of hydrogen-bond acceptors (Lipinski definition) is 2. The molecule has 4 nitrogen and oxygen atoms in total. The van der Waals surface area contributed by atoms with Crippen molar-refractivity contribution in [2.75, 3.05) is 26.2 Å². The second kappa shape index (κ2) is 10.6. The molecule has 0 aliphatic heterocycles. The summed E-state index contributed by atoms with van der Waals surface area (Å²) in [6.07, 6.45) is 6.40. The van der Waals surface area contributed by atoms with Crippen molar-refractivity contribution in [2.24, 2.45) is 0 Å². The Bertz CT molecular complexity index is 648. The highest BCUT2D eigenvalue weighted by atomic mass is 35.5. The third-order valence-corrected chi connectivity index (χ3v) is 4.22. The number of halogens is 2. The summed E-state index contributed by atoms with van der Waals surface area (Å²) in [6.45, 7) is 15.8. The summed E-state index contributed by atoms with van der Waals surface area (Å²) in [4.78, 5) is 28.9. The first-order valence-corrected chi connectivity index (χ1v) is 8.67. The first-order valence-electron chi connectivity index (χ1n) is 7.92. The average molecular weight is 393 g/mol. The summed E-state index contributed by atoms with van der Waals surface area (Å²) in [5.41, 5.74) is 0.345. The lowest BCUT2D eigenvalue weighted by molar-refractivity contribution is 0.0752. The molecule has 6 heteroatoms. The van der Waals surface area contributed by atoms with E-state index in [0.717, 1.165) is 0 Å². The lowest BCUT2D eigenvalue weighted by Crippen LogP contribution is -2.36. The molecule has 0 spiro atoms. The molecule has 0 bridgehead atoms. The summed E-state index contributed by atoms with van der Waals surface area (Å²) < 4.78 is 0. The Kier molecular flexibility index (Phi) is 8.90. The van der Waals surface area contributed by atoms with Crippen LogP contribution in [0.5, 0.6) is 0 Å². The number of carbonyl (C=O) groups excluding carboxylic acids is 2. The molecule has 0 heterocycles. The smallest absolute Gasteiger partial charge is 0.255 e. The van der Waals surface area contributed by atoms with Crippen LogP contribution in [-0.2, 0) is 0 Å². The summed E-state index contributed by atoms with van der Waals surface area (Å²) in [6, 6.07) is 2.83. The van der Waals surface area contributed by atoms with Gasteiger partial charge < -0.3 is 9.80 Å². The highest BCUT2D eigenvalue weighted by molar-refractivity contribution is 6.42. The molecule has 0 radical (unpaired) electrons. The molecule has 0 atom stereocenters. The van der Waals surface area contributed by atoms with Crippen molar-refractivity contribution in [3.05, 3.63) is 83.9 Å². The van der Waals surface area contributed by atoms with Gasteiger partial charge in [0, 0.05) is 26.2 Å². The van der Waals surface area contributed by atoms with Gasteiger partial charge in [0.15, 0.2) is 0 Å². The molecule has 0 fully saturated rings. The van der Waals surface area contributed by atoms with Crippen molar-refractivity contribution >= 4 is 35.0 Å². The molecular formula is C20H22Cl2N2O2. The molecule has 0 unspecified atom stereocenters. The maximum Gasteiger partial charge on any atom is 0.255 e. The SMILES string of the molecule is C=CCN(CC=C)C(=O)c1cc(Cl)c(Cl)cc1C(=O)N(CC=C)CC=C. The van der Waals surface area contributed by atoms with Crippen molar-refractivity contribution < 1.29 is 9.59 Å². The molecule has 26 heavy (non-hydrogen) atoms. The van der Waals surface area contributed by atoms with Gasteiger partial charge in [-0.2, -0.15) is 0 Å². The van der Waals surface area contributed by atoms with Crippen LogP contribution in [0.2, 0.25) is 10.0 Å². The van der Waals surface area contributed by atoms with Crippen molar-refractivity contribution in [3.8, 4) is 0 Å². The lowest BCUT2D eigenvalue weighted by Gasteiger charge is -2.24. The zero-order chi connectivity index (χ0) is 19.7. The third-order valence-electron chi connectivity index (χ3n) is 3.49. The zero-order valence-electron chi connectivity index (χ0n) is 14.6. The van der Waals surface area contributed by atoms with E-state index in [-0.39, 0.29) is 33.0 Å². The number of rotatable bonds is 10. The molecule has 1 aromatic carbocycles. The fraction of sp³-hybridized carbons (Fsp3) is 0.200. The number of hydrogen-bond donors (Lipinski definition) is 0. The molecule has 1 rings (SSSR count). The molecule has 0 saturated heterocycles. The van der Waals surface area contributed by atoms with Gasteiger partial charge in [-0.3, -0.25) is 9.59 Å². The van der Waals surface area contributed by atoms with Crippen LogP contribution in [-0.4, -0.2) is 47.8 Å². The minimum Gasteiger partial charge on any atom is -0.331 e. The minimum atomic E-state index is -0.358. The Balaban J connectivity index is 3.45. The minimum absolute atomic E-state index is 0.172. The quantitative estimate of drug-likeness (QED) is 0.544. The Morgan fingerprint density at radius 2 is 1.00 bits per heavy atom. The summed E-state index contributed by atoms with van der Waals surface area (Å²) in [5.74, 6) is -0.715. The number of carbonyl (C=O) groups is 2. The predicted octanol–water partition coefficient (Wildman–Crippen LogP) is 4.62. The zero-order valence-corrected chi connectivity index (χ0v) is 16.1. The second-order valence-corrected chi connectivity index (χ2v) is 6.20. The van der Waals surface area contributed by atoms with Crippen LogP contribution in [0.15, 0.2) is 62.8 Å². The fourth-order valence-corrected chi connectivity index (χ4v) is 2.67. The van der Waals surface area contributed by atoms with E-state index in [1.54, 1.807) is 24.3 Å². The summed E-state index contributed by atoms with van der Waals surface area (Å²) >= 11 is 12.2. The van der Waals surface area contributed by atoms with Gasteiger partial charge in [0.1, 0.15) is 0 Å². The highest BCUT2D eigenvalue weighted by Gasteiger charge is 2.25. The van der Waals surface area contributed by atoms with Crippen molar-refractivity contribution in [1.29, 1.82) is 0 Å². The van der Waals surface area contributed by atoms with E-state index in [2.05, 4.69) is 26.3 Å². The highest BCUT2D eigenvalue weighted by Crippen LogP contribution is 2.28. The summed E-state index contributed by atoms with van der Waals surface area (Å²) in [7, 11) is 0. The maximum atomic E-state index is 13.0. The third kappa shape index (κ3) is 5.35. The molecule has 0 saturated carbocycles. The normalized spacial score (nSPS) is 9.92. The Morgan fingerprint density at radius 3 is 1.23 bits per heavy atom. The Morgan fingerprint density at radius 1 is 0.731 bits per heavy atom. The maximum absolute atomic E-state index is 13.0. The largest absolute Gasteiger partial charge is 0.331 e. The van der Waals surface area contributed by atoms with Gasteiger partial charge in [-0.15, -0.1) is 26.3 Å². The molecule has 0 aliphatic carbocycles. The molecule has 0 aromatic heterocycles. The summed E-state index contributed by atoms with van der Waals surface area (Å²) in [5, 5.41) is 0.394. The first-order chi connectivity index (χ1) is 12.4. The second-order valence-electron chi connectivity index (χ2n) is 5.39. The molecular weight excluding hydrogens is 371 g/mol. The average Bonchev–Trinajstić information content (AvgIpc) is 2.62. The van der Waals surface area contributed by atoms with Crippen LogP contribution < -0.4 is 0 Å². The van der Waals surface area contributed by atoms with Gasteiger partial charge in [-0.1, -0.05) is 47.5 Å². The van der Waals surface area contributed by atoms with Gasteiger partial charge in [-0.25, -0.2) is 0 Å². The predicted molar refractivity (Wildman–Crippen MR) is 109 cm³/mol. The van der Waals surface area contributed by atoms with Crippen LogP contribution >= 0.6 is 23.2 Å². The van der Waals surface area contributed by atoms with Crippen molar-refractivity contribution in [1.82, 2.24) is 9.80 Å². The number of amides is 2. The molecule has 0 aliphatic rings. The van der Waals surface area contributed by atoms with Crippen LogP contribution in [0.25, 0.3) is 0 Å². The van der Waals surface area contributed by atoms with E-state index < -0.39 is 0 Å². The van der Waals surface area contributed by atoms with Gasteiger partial charge in [-0.05, 0) is 12.1 Å². The van der Waals surface area contributed by atoms with Crippen LogP contribution in [0, 0.1) is 0 Å². The van der Waals surface area contributed by atoms with E-state index in [9.17, 15) is 9.59 Å². The Labute approximate surface area is 164 Å². The van der Waals surface area contributed by atoms with E-state index in [0.29, 0.717) is 26.2 Å². The molecule has 138 valence electrons. The standard InChI is InChI=1S/C20H22Cl2N2O2/c1-5-9-23(10-6-2)19(25)15-13-17(21)18(22)14-16(15)20(26)24(11-7-3)12-8-4/h5-8,13-14H,1-4,9-12H2. The topological polar surface area (TPSA) is 40.6 Å². The monoisotopic (exact) mass is 392 g/mol. The van der Waals surface area contributed by atoms with Crippen LogP contribution in [0.1, 0.15) is 20.7 Å². The molecule has 1 aromatic rings. The fourth-order valence-electron chi connectivity index (χ4n) is 2.35. The van der Waals surface area contributed by atoms with Gasteiger partial charge in [0.25, 0.3) is 11.8 Å². The van der Waals surface area contributed by atoms with Crippen LogP contribution in [0.3, 0.4) is 0 Å². The molecule has 0 N–H and O–H groups in total. The van der Waals surface area contributed by atoms with Crippen molar-refractivity contribution in [2.45, 2.75) is 0 Å². The first kappa shape index (κ1) is 21.7. The van der Waals surface area contributed by atoms with Gasteiger partial charge in [0.05, 0.1) is 21.2 Å². The number of nitrogens with zero attached hydrogens (tertiary/aromatic N) is 2.